The van der Waals surface area contributed by atoms with Crippen molar-refractivity contribution in [3.63, 3.8) is 0 Å². The van der Waals surface area contributed by atoms with E-state index in [1.54, 1.807) is 23.9 Å². The molecule has 0 spiro atoms. The van der Waals surface area contributed by atoms with Crippen LogP contribution < -0.4 is 15.8 Å². The molecule has 0 fully saturated rings. The van der Waals surface area contributed by atoms with Crippen molar-refractivity contribution in [1.82, 2.24) is 9.97 Å². The molecule has 0 bridgehead atoms. The van der Waals surface area contributed by atoms with Gasteiger partial charge in [-0.05, 0) is 55.5 Å². The number of anilines is 3. The second-order valence-electron chi connectivity index (χ2n) is 7.33. The number of carbonyl (C=O) groups excluding carboxylic acids is 1. The Kier molecular flexibility index (Phi) is 9.62. The maximum atomic E-state index is 12.2. The first-order valence-corrected chi connectivity index (χ1v) is 15.7. The van der Waals surface area contributed by atoms with Gasteiger partial charge in [0.1, 0.15) is 16.1 Å². The molecule has 0 aliphatic heterocycles. The number of carbonyl (C=O) groups is 1. The Hall–Kier alpha value is -3.04. The molecule has 1 unspecified atom stereocenters. The number of halogens is 1. The first-order valence-electron chi connectivity index (χ1n) is 10.4. The van der Waals surface area contributed by atoms with E-state index in [2.05, 4.69) is 20.0 Å². The van der Waals surface area contributed by atoms with Gasteiger partial charge < -0.3 is 11.1 Å². The van der Waals surface area contributed by atoms with Crippen molar-refractivity contribution in [2.75, 3.05) is 15.8 Å². The van der Waals surface area contributed by atoms with E-state index in [9.17, 15) is 21.6 Å². The van der Waals surface area contributed by atoms with Crippen LogP contribution in [0.15, 0.2) is 81.5 Å². The molecule has 2 heterocycles. The topological polar surface area (TPSA) is 161 Å². The fraction of sp³-hybridized carbons (Fsp3) is 0.136. The molecule has 0 radical (unpaired) electrons. The quantitative estimate of drug-likeness (QED) is 0.200. The van der Waals surface area contributed by atoms with Gasteiger partial charge in [0, 0.05) is 34.5 Å². The Morgan fingerprint density at radius 2 is 1.54 bits per heavy atom. The molecular formula is C22H22ClN5O5S4. The fourth-order valence-corrected chi connectivity index (χ4v) is 6.75. The molecule has 10 nitrogen and oxygen atoms in total. The van der Waals surface area contributed by atoms with Crippen molar-refractivity contribution >= 4 is 76.5 Å². The monoisotopic (exact) mass is 599 g/mol. The number of sulfone groups is 1. The molecule has 1 atom stereocenters. The van der Waals surface area contributed by atoms with Gasteiger partial charge in [0.2, 0.25) is 5.91 Å². The first-order chi connectivity index (χ1) is 17.5. The minimum Gasteiger partial charge on any atom is -0.399 e. The zero-order valence-corrected chi connectivity index (χ0v) is 23.3. The lowest BCUT2D eigenvalue weighted by molar-refractivity contribution is -0.115. The van der Waals surface area contributed by atoms with Crippen LogP contribution in [0.1, 0.15) is 11.9 Å². The lowest BCUT2D eigenvalue weighted by Crippen LogP contribution is -2.20. The van der Waals surface area contributed by atoms with Crippen molar-refractivity contribution in [3.8, 4) is 0 Å². The van der Waals surface area contributed by atoms with Crippen molar-refractivity contribution < 1.29 is 21.6 Å². The molecule has 4 aromatic rings. The summed E-state index contributed by atoms with van der Waals surface area (Å²) in [6.45, 7) is 1.56. The second kappa shape index (κ2) is 12.5. The molecule has 0 aliphatic rings. The van der Waals surface area contributed by atoms with Crippen LogP contribution in [0.3, 0.4) is 0 Å². The summed E-state index contributed by atoms with van der Waals surface area (Å²) in [6.07, 6.45) is 3.10. The average Bonchev–Trinajstić information content (AvgIpc) is 3.54. The normalized spacial score (nSPS) is 12.2. The highest BCUT2D eigenvalue weighted by molar-refractivity contribution is 7.93. The molecule has 37 heavy (non-hydrogen) atoms. The Morgan fingerprint density at radius 1 is 0.946 bits per heavy atom. The maximum Gasteiger partial charge on any atom is 0.263 e. The Morgan fingerprint density at radius 3 is 2.08 bits per heavy atom. The van der Waals surface area contributed by atoms with Gasteiger partial charge in [-0.3, -0.25) is 9.52 Å². The lowest BCUT2D eigenvalue weighted by Gasteiger charge is -2.07. The number of amides is 1. The summed E-state index contributed by atoms with van der Waals surface area (Å²) in [5.74, 6) is -0.468. The van der Waals surface area contributed by atoms with Crippen LogP contribution >= 0.6 is 34.3 Å². The third kappa shape index (κ3) is 8.50. The van der Waals surface area contributed by atoms with Crippen LogP contribution in [0.5, 0.6) is 0 Å². The third-order valence-corrected chi connectivity index (χ3v) is 9.46. The van der Waals surface area contributed by atoms with Gasteiger partial charge in [-0.15, -0.1) is 34.3 Å². The highest BCUT2D eigenvalue weighted by Gasteiger charge is 2.17. The van der Waals surface area contributed by atoms with E-state index in [-0.39, 0.29) is 21.5 Å². The third-order valence-electron chi connectivity index (χ3n) is 4.48. The van der Waals surface area contributed by atoms with E-state index in [0.717, 1.165) is 0 Å². The number of hydrogen-bond acceptors (Lipinski definition) is 10. The predicted molar refractivity (Wildman–Crippen MR) is 147 cm³/mol. The molecule has 4 rings (SSSR count). The van der Waals surface area contributed by atoms with Crippen molar-refractivity contribution in [3.05, 3.63) is 76.7 Å². The molecular weight excluding hydrogens is 578 g/mol. The zero-order valence-electron chi connectivity index (χ0n) is 19.2. The first kappa shape index (κ1) is 28.5. The molecule has 1 amide bonds. The van der Waals surface area contributed by atoms with E-state index >= 15 is 0 Å². The van der Waals surface area contributed by atoms with Crippen LogP contribution in [0.4, 0.5) is 16.5 Å². The van der Waals surface area contributed by atoms with Gasteiger partial charge in [-0.1, -0.05) is 0 Å². The second-order valence-corrected chi connectivity index (χ2v) is 13.5. The zero-order chi connectivity index (χ0) is 27.1. The summed E-state index contributed by atoms with van der Waals surface area (Å²) >= 11 is 8.17. The van der Waals surface area contributed by atoms with Gasteiger partial charge in [0.15, 0.2) is 15.0 Å². The van der Waals surface area contributed by atoms with E-state index < -0.39 is 25.2 Å². The standard InChI is InChI=1S/C13H13ClN2O3S2.C9H9N3O2S2/c1-9(14)13(17)16-10-2-4-11(5-3-10)21(18,19)8-12-15-6-7-20-12;10-7-1-3-8(4-2-7)16(13,14)12-9-11-5-6-15-9/h2-7,9H,8H2,1H3,(H,16,17);1-6H,10H2,(H,11,12). The number of rotatable bonds is 8. The summed E-state index contributed by atoms with van der Waals surface area (Å²) in [5.41, 5.74) is 6.50. The van der Waals surface area contributed by atoms with E-state index in [4.69, 9.17) is 17.3 Å². The Balaban J connectivity index is 0.000000213. The number of aromatic nitrogens is 2. The summed E-state index contributed by atoms with van der Waals surface area (Å²) in [5, 5.41) is 6.25. The van der Waals surface area contributed by atoms with E-state index in [1.165, 1.54) is 77.4 Å². The van der Waals surface area contributed by atoms with Crippen molar-refractivity contribution in [2.45, 2.75) is 27.8 Å². The maximum absolute atomic E-state index is 12.2. The molecule has 196 valence electrons. The minimum absolute atomic E-state index is 0.130. The highest BCUT2D eigenvalue weighted by Crippen LogP contribution is 2.21. The van der Waals surface area contributed by atoms with Crippen molar-refractivity contribution in [1.29, 1.82) is 0 Å². The van der Waals surface area contributed by atoms with Crippen LogP contribution in [0, 0.1) is 0 Å². The number of benzene rings is 2. The number of nitrogen functional groups attached to an aromatic ring is 1. The van der Waals surface area contributed by atoms with Crippen LogP contribution in [-0.4, -0.2) is 38.1 Å². The molecule has 0 aliphatic carbocycles. The van der Waals surface area contributed by atoms with Crippen molar-refractivity contribution in [2.24, 2.45) is 0 Å². The number of thiazole rings is 2. The summed E-state index contributed by atoms with van der Waals surface area (Å²) < 4.78 is 50.4. The largest absolute Gasteiger partial charge is 0.399 e. The fourth-order valence-electron chi connectivity index (χ4n) is 2.65. The SMILES string of the molecule is CC(Cl)C(=O)Nc1ccc(S(=O)(=O)Cc2nccs2)cc1.Nc1ccc(S(=O)(=O)Nc2nccs2)cc1. The summed E-state index contributed by atoms with van der Waals surface area (Å²) in [4.78, 5) is 19.6. The molecule has 2 aromatic carbocycles. The molecule has 15 heteroatoms. The molecule has 0 saturated carbocycles. The number of sulfonamides is 1. The van der Waals surface area contributed by atoms with Gasteiger partial charge in [-0.2, -0.15) is 0 Å². The average molecular weight is 600 g/mol. The van der Waals surface area contributed by atoms with Gasteiger partial charge >= 0.3 is 0 Å². The van der Waals surface area contributed by atoms with E-state index in [0.29, 0.717) is 21.5 Å². The van der Waals surface area contributed by atoms with Gasteiger partial charge in [-0.25, -0.2) is 26.8 Å². The molecule has 4 N–H and O–H groups in total. The summed E-state index contributed by atoms with van der Waals surface area (Å²) in [7, 11) is -6.99. The smallest absolute Gasteiger partial charge is 0.263 e. The Labute approximate surface area is 227 Å². The Bertz CT molecular complexity index is 1510. The number of nitrogens with one attached hydrogen (secondary N) is 2. The molecule has 0 saturated heterocycles. The lowest BCUT2D eigenvalue weighted by atomic mass is 10.3. The molecule has 2 aromatic heterocycles. The van der Waals surface area contributed by atoms with E-state index in [1.807, 2.05) is 0 Å². The predicted octanol–water partition coefficient (Wildman–Crippen LogP) is 4.21. The minimum atomic E-state index is -3.56. The number of alkyl halides is 1. The van der Waals surface area contributed by atoms with Gasteiger partial charge in [0.25, 0.3) is 10.0 Å². The van der Waals surface area contributed by atoms with Crippen LogP contribution in [-0.2, 0) is 30.4 Å². The van der Waals surface area contributed by atoms with Crippen LogP contribution in [0.25, 0.3) is 0 Å². The number of nitrogens with zero attached hydrogens (tertiary/aromatic N) is 2. The summed E-state index contributed by atoms with van der Waals surface area (Å²) in [6, 6.07) is 12.0. The van der Waals surface area contributed by atoms with Crippen LogP contribution in [0.2, 0.25) is 0 Å². The number of hydrogen-bond donors (Lipinski definition) is 3. The van der Waals surface area contributed by atoms with Gasteiger partial charge in [0.05, 0.1) is 9.79 Å². The number of nitrogens with two attached hydrogens (primary N) is 1. The highest BCUT2D eigenvalue weighted by atomic mass is 35.5.